The minimum Gasteiger partial charge on any atom is -0.479 e. The predicted octanol–water partition coefficient (Wildman–Crippen LogP) is 2.50. The van der Waals surface area contributed by atoms with Crippen molar-refractivity contribution < 1.29 is 19.4 Å². The van der Waals surface area contributed by atoms with Crippen LogP contribution in [0.3, 0.4) is 0 Å². The fraction of sp³-hybridized carbons (Fsp3) is 0.929. The minimum absolute atomic E-state index is 0.325. The van der Waals surface area contributed by atoms with E-state index >= 15 is 0 Å². The van der Waals surface area contributed by atoms with E-state index in [1.165, 1.54) is 19.3 Å². The Labute approximate surface area is 108 Å². The molecule has 0 amide bonds. The van der Waals surface area contributed by atoms with Gasteiger partial charge in [0.2, 0.25) is 0 Å². The zero-order valence-electron chi connectivity index (χ0n) is 10.8. The SMILES string of the molecule is O=C(O)C12CCCCC1(COC1CCCCC1)O2. The predicted molar refractivity (Wildman–Crippen MR) is 65.5 cm³/mol. The Kier molecular flexibility index (Phi) is 3.10. The first-order chi connectivity index (χ1) is 8.69. The molecule has 0 radical (unpaired) electrons. The highest BCUT2D eigenvalue weighted by Crippen LogP contribution is 2.58. The van der Waals surface area contributed by atoms with E-state index in [4.69, 9.17) is 9.47 Å². The molecule has 2 saturated carbocycles. The van der Waals surface area contributed by atoms with Gasteiger partial charge in [0.1, 0.15) is 5.60 Å². The first kappa shape index (κ1) is 12.4. The van der Waals surface area contributed by atoms with Crippen molar-refractivity contribution in [2.45, 2.75) is 75.1 Å². The van der Waals surface area contributed by atoms with Gasteiger partial charge in [0.05, 0.1) is 12.7 Å². The van der Waals surface area contributed by atoms with E-state index in [1.807, 2.05) is 0 Å². The van der Waals surface area contributed by atoms with Gasteiger partial charge in [0, 0.05) is 0 Å². The number of carboxylic acid groups (broad SMARTS) is 1. The van der Waals surface area contributed by atoms with Crippen LogP contribution in [0.1, 0.15) is 57.8 Å². The van der Waals surface area contributed by atoms with E-state index in [1.54, 1.807) is 0 Å². The van der Waals surface area contributed by atoms with Crippen LogP contribution in [-0.2, 0) is 14.3 Å². The third kappa shape index (κ3) is 1.86. The number of ether oxygens (including phenoxy) is 2. The molecule has 4 nitrogen and oxygen atoms in total. The summed E-state index contributed by atoms with van der Waals surface area (Å²) in [6.45, 7) is 0.476. The van der Waals surface area contributed by atoms with Crippen LogP contribution in [0.4, 0.5) is 0 Å². The maximum atomic E-state index is 11.4. The second kappa shape index (κ2) is 4.49. The average molecular weight is 254 g/mol. The standard InChI is InChI=1S/C14H22O4/c15-12(16)14-9-5-4-8-13(14,18-14)10-17-11-6-2-1-3-7-11/h11H,1-10H2,(H,15,16). The van der Waals surface area contributed by atoms with Gasteiger partial charge in [-0.2, -0.15) is 0 Å². The van der Waals surface area contributed by atoms with Crippen LogP contribution in [0.2, 0.25) is 0 Å². The summed E-state index contributed by atoms with van der Waals surface area (Å²) in [5, 5.41) is 9.36. The maximum Gasteiger partial charge on any atom is 0.339 e. The van der Waals surface area contributed by atoms with E-state index in [9.17, 15) is 9.90 Å². The topological polar surface area (TPSA) is 59.1 Å². The number of fused-ring (bicyclic) bond motifs is 1. The van der Waals surface area contributed by atoms with Crippen molar-refractivity contribution in [2.75, 3.05) is 6.61 Å². The fourth-order valence-corrected chi connectivity index (χ4v) is 3.67. The monoisotopic (exact) mass is 254 g/mol. The number of aliphatic carboxylic acids is 1. The molecule has 2 aliphatic carbocycles. The van der Waals surface area contributed by atoms with Crippen LogP contribution in [0, 0.1) is 0 Å². The molecule has 4 heteroatoms. The molecule has 1 N–H and O–H groups in total. The van der Waals surface area contributed by atoms with E-state index in [2.05, 4.69) is 0 Å². The summed E-state index contributed by atoms with van der Waals surface area (Å²) in [6.07, 6.45) is 9.85. The molecule has 18 heavy (non-hydrogen) atoms. The molecule has 3 aliphatic rings. The highest BCUT2D eigenvalue weighted by Gasteiger charge is 2.75. The minimum atomic E-state index is -0.917. The molecule has 0 aromatic heterocycles. The molecule has 0 spiro atoms. The highest BCUT2D eigenvalue weighted by molar-refractivity contribution is 5.83. The van der Waals surface area contributed by atoms with Crippen LogP contribution in [0.5, 0.6) is 0 Å². The van der Waals surface area contributed by atoms with Crippen LogP contribution >= 0.6 is 0 Å². The molecular formula is C14H22O4. The molecule has 0 aromatic carbocycles. The third-order valence-electron chi connectivity index (χ3n) is 4.87. The van der Waals surface area contributed by atoms with Gasteiger partial charge in [-0.25, -0.2) is 4.79 Å². The average Bonchev–Trinajstić information content (AvgIpc) is 3.09. The smallest absolute Gasteiger partial charge is 0.339 e. The largest absolute Gasteiger partial charge is 0.479 e. The highest BCUT2D eigenvalue weighted by atomic mass is 16.7. The van der Waals surface area contributed by atoms with Crippen LogP contribution in [0.15, 0.2) is 0 Å². The van der Waals surface area contributed by atoms with Gasteiger partial charge in [0.25, 0.3) is 0 Å². The van der Waals surface area contributed by atoms with E-state index in [0.717, 1.165) is 32.1 Å². The number of carbonyl (C=O) groups is 1. The molecular weight excluding hydrogens is 232 g/mol. The Hall–Kier alpha value is -0.610. The molecule has 3 rings (SSSR count). The van der Waals surface area contributed by atoms with Crippen LogP contribution in [-0.4, -0.2) is 35.0 Å². The van der Waals surface area contributed by atoms with Gasteiger partial charge in [-0.05, 0) is 32.1 Å². The van der Waals surface area contributed by atoms with Gasteiger partial charge in [0.15, 0.2) is 5.60 Å². The molecule has 1 aliphatic heterocycles. The van der Waals surface area contributed by atoms with Crippen LogP contribution in [0.25, 0.3) is 0 Å². The van der Waals surface area contributed by atoms with Crippen molar-refractivity contribution in [3.8, 4) is 0 Å². The zero-order valence-corrected chi connectivity index (χ0v) is 10.8. The molecule has 2 atom stereocenters. The molecule has 3 fully saturated rings. The number of hydrogen-bond donors (Lipinski definition) is 1. The lowest BCUT2D eigenvalue weighted by Gasteiger charge is -2.26. The fourth-order valence-electron chi connectivity index (χ4n) is 3.67. The van der Waals surface area contributed by atoms with Gasteiger partial charge < -0.3 is 14.6 Å². The zero-order chi connectivity index (χ0) is 12.6. The Balaban J connectivity index is 1.59. The number of carboxylic acids is 1. The maximum absolute atomic E-state index is 11.4. The van der Waals surface area contributed by atoms with Crippen molar-refractivity contribution in [3.63, 3.8) is 0 Å². The normalized spacial score (nSPS) is 40.2. The molecule has 0 bridgehead atoms. The first-order valence-corrected chi connectivity index (χ1v) is 7.24. The Bertz CT molecular complexity index is 337. The van der Waals surface area contributed by atoms with E-state index in [-0.39, 0.29) is 0 Å². The van der Waals surface area contributed by atoms with Crippen molar-refractivity contribution in [3.05, 3.63) is 0 Å². The van der Waals surface area contributed by atoms with Crippen molar-refractivity contribution in [1.82, 2.24) is 0 Å². The second-order valence-corrected chi connectivity index (χ2v) is 6.01. The van der Waals surface area contributed by atoms with Crippen molar-refractivity contribution in [2.24, 2.45) is 0 Å². The number of epoxide rings is 1. The molecule has 102 valence electrons. The van der Waals surface area contributed by atoms with Gasteiger partial charge >= 0.3 is 5.97 Å². The van der Waals surface area contributed by atoms with Crippen molar-refractivity contribution in [1.29, 1.82) is 0 Å². The van der Waals surface area contributed by atoms with E-state index < -0.39 is 17.2 Å². The summed E-state index contributed by atoms with van der Waals surface area (Å²) < 4.78 is 11.6. The molecule has 1 saturated heterocycles. The Morgan fingerprint density at radius 3 is 2.61 bits per heavy atom. The van der Waals surface area contributed by atoms with Gasteiger partial charge in [-0.15, -0.1) is 0 Å². The van der Waals surface area contributed by atoms with Gasteiger partial charge in [-0.1, -0.05) is 25.7 Å². The summed E-state index contributed by atoms with van der Waals surface area (Å²) in [5.41, 5.74) is -1.42. The molecule has 1 heterocycles. The number of hydrogen-bond acceptors (Lipinski definition) is 3. The molecule has 0 aromatic rings. The second-order valence-electron chi connectivity index (χ2n) is 6.01. The third-order valence-corrected chi connectivity index (χ3v) is 4.87. The van der Waals surface area contributed by atoms with Gasteiger partial charge in [-0.3, -0.25) is 0 Å². The first-order valence-electron chi connectivity index (χ1n) is 7.24. The lowest BCUT2D eigenvalue weighted by atomic mass is 9.79. The summed E-state index contributed by atoms with van der Waals surface area (Å²) in [6, 6.07) is 0. The summed E-state index contributed by atoms with van der Waals surface area (Å²) in [7, 11) is 0. The summed E-state index contributed by atoms with van der Waals surface area (Å²) in [5.74, 6) is -0.797. The van der Waals surface area contributed by atoms with Crippen LogP contribution < -0.4 is 0 Å². The number of rotatable bonds is 4. The lowest BCUT2D eigenvalue weighted by Crippen LogP contribution is -2.40. The lowest BCUT2D eigenvalue weighted by molar-refractivity contribution is -0.144. The van der Waals surface area contributed by atoms with E-state index in [0.29, 0.717) is 19.1 Å². The summed E-state index contributed by atoms with van der Waals surface area (Å²) >= 11 is 0. The summed E-state index contributed by atoms with van der Waals surface area (Å²) in [4.78, 5) is 11.4. The molecule has 2 unspecified atom stereocenters. The quantitative estimate of drug-likeness (QED) is 0.783. The Morgan fingerprint density at radius 1 is 1.17 bits per heavy atom. The van der Waals surface area contributed by atoms with Crippen molar-refractivity contribution >= 4 is 5.97 Å². The Morgan fingerprint density at radius 2 is 1.89 bits per heavy atom.